The number of hydrogen-bond donors (Lipinski definition) is 0. The Hall–Kier alpha value is -4.18. The van der Waals surface area contributed by atoms with Crippen LogP contribution in [-0.2, 0) is 20.8 Å². The minimum atomic E-state index is -0.954. The molecule has 3 heterocycles. The van der Waals surface area contributed by atoms with Crippen molar-refractivity contribution in [3.05, 3.63) is 76.9 Å². The van der Waals surface area contributed by atoms with E-state index in [-0.39, 0.29) is 17.3 Å². The number of benzene rings is 2. The van der Waals surface area contributed by atoms with Gasteiger partial charge in [0.1, 0.15) is 5.82 Å². The first-order valence-corrected chi connectivity index (χ1v) is 16.4. The maximum absolute atomic E-state index is 13.8. The number of pyridine rings is 1. The molecular weight excluding hydrogens is 595 g/mol. The monoisotopic (exact) mass is 642 g/mol. The molecule has 250 valence electrons. The summed E-state index contributed by atoms with van der Waals surface area (Å²) in [6.07, 6.45) is 0.787. The lowest BCUT2D eigenvalue weighted by molar-refractivity contribution is -0.171. The lowest BCUT2D eigenvalue weighted by Crippen LogP contribution is -2.39. The number of nitrogens with zero attached hydrogens (tertiary/aromatic N) is 6. The van der Waals surface area contributed by atoms with Crippen LogP contribution in [0.1, 0.15) is 89.9 Å². The maximum Gasteiger partial charge on any atom is 0.340 e. The SMILES string of the molecule is Cc1nc(C)c(C(OC(C)(C)C)C(=O)OC(C)C)c(N2CCC(C)(C)CC2)c1-c1ccc(-c2nnnn2Cc2ccc(F)cc2)cc1. The molecule has 0 N–H and O–H groups in total. The van der Waals surface area contributed by atoms with Gasteiger partial charge in [0.05, 0.1) is 23.9 Å². The van der Waals surface area contributed by atoms with Crippen molar-refractivity contribution < 1.29 is 18.7 Å². The molecule has 0 bridgehead atoms. The van der Waals surface area contributed by atoms with Crippen LogP contribution in [0.5, 0.6) is 0 Å². The number of rotatable bonds is 9. The number of carbonyl (C=O) groups excluding carboxylic acids is 1. The van der Waals surface area contributed by atoms with Crippen molar-refractivity contribution in [3.8, 4) is 22.5 Å². The highest BCUT2D eigenvalue weighted by Gasteiger charge is 2.37. The van der Waals surface area contributed by atoms with Crippen LogP contribution in [0.2, 0.25) is 0 Å². The van der Waals surface area contributed by atoms with E-state index in [9.17, 15) is 9.18 Å². The van der Waals surface area contributed by atoms with E-state index in [1.807, 2.05) is 60.6 Å². The van der Waals surface area contributed by atoms with Crippen molar-refractivity contribution in [2.24, 2.45) is 5.41 Å². The number of aryl methyl sites for hydroxylation is 2. The summed E-state index contributed by atoms with van der Waals surface area (Å²) >= 11 is 0. The van der Waals surface area contributed by atoms with E-state index in [1.165, 1.54) is 12.1 Å². The number of tetrazole rings is 1. The van der Waals surface area contributed by atoms with Crippen molar-refractivity contribution >= 4 is 11.7 Å². The first-order chi connectivity index (χ1) is 22.1. The van der Waals surface area contributed by atoms with Gasteiger partial charge in [0, 0.05) is 41.2 Å². The third kappa shape index (κ3) is 8.04. The third-order valence-electron chi connectivity index (χ3n) is 8.52. The molecule has 9 nitrogen and oxygen atoms in total. The lowest BCUT2D eigenvalue weighted by atomic mass is 9.81. The van der Waals surface area contributed by atoms with Gasteiger partial charge in [-0.3, -0.25) is 4.98 Å². The number of esters is 1. The zero-order valence-corrected chi connectivity index (χ0v) is 29.1. The highest BCUT2D eigenvalue weighted by molar-refractivity contribution is 5.89. The van der Waals surface area contributed by atoms with Crippen LogP contribution in [0.3, 0.4) is 0 Å². The van der Waals surface area contributed by atoms with Crippen LogP contribution in [0, 0.1) is 25.1 Å². The second kappa shape index (κ2) is 13.5. The predicted molar refractivity (Wildman–Crippen MR) is 181 cm³/mol. The average molecular weight is 643 g/mol. The van der Waals surface area contributed by atoms with Crippen molar-refractivity contribution in [1.29, 1.82) is 0 Å². The fraction of sp³-hybridized carbons (Fsp3) is 0.486. The first-order valence-electron chi connectivity index (χ1n) is 16.4. The number of piperidine rings is 1. The number of aromatic nitrogens is 5. The first kappa shape index (κ1) is 34.2. The summed E-state index contributed by atoms with van der Waals surface area (Å²) in [6.45, 7) is 20.2. The molecule has 10 heteroatoms. The van der Waals surface area contributed by atoms with Gasteiger partial charge in [0.2, 0.25) is 0 Å². The lowest BCUT2D eigenvalue weighted by Gasteiger charge is -2.41. The van der Waals surface area contributed by atoms with Crippen LogP contribution >= 0.6 is 0 Å². The average Bonchev–Trinajstić information content (AvgIpc) is 3.44. The Morgan fingerprint density at radius 2 is 1.57 bits per heavy atom. The Morgan fingerprint density at radius 1 is 0.957 bits per heavy atom. The van der Waals surface area contributed by atoms with E-state index in [4.69, 9.17) is 14.5 Å². The van der Waals surface area contributed by atoms with Crippen LogP contribution < -0.4 is 4.90 Å². The van der Waals surface area contributed by atoms with E-state index in [0.717, 1.165) is 70.8 Å². The topological polar surface area (TPSA) is 95.3 Å². The van der Waals surface area contributed by atoms with E-state index >= 15 is 0 Å². The van der Waals surface area contributed by atoms with E-state index in [0.29, 0.717) is 12.4 Å². The molecule has 1 saturated heterocycles. The summed E-state index contributed by atoms with van der Waals surface area (Å²) in [4.78, 5) is 21.2. The summed E-state index contributed by atoms with van der Waals surface area (Å²) in [5, 5.41) is 12.4. The second-order valence-electron chi connectivity index (χ2n) is 14.5. The predicted octanol–water partition coefficient (Wildman–Crippen LogP) is 7.64. The van der Waals surface area contributed by atoms with Crippen molar-refractivity contribution in [2.75, 3.05) is 18.0 Å². The van der Waals surface area contributed by atoms with Gasteiger partial charge in [-0.1, -0.05) is 50.2 Å². The van der Waals surface area contributed by atoms with Crippen LogP contribution in [0.4, 0.5) is 10.1 Å². The minimum Gasteiger partial charge on any atom is -0.461 e. The molecule has 4 aromatic rings. The Balaban J connectivity index is 1.62. The summed E-state index contributed by atoms with van der Waals surface area (Å²) < 4.78 is 27.5. The molecule has 47 heavy (non-hydrogen) atoms. The molecule has 2 aromatic heterocycles. The molecule has 0 saturated carbocycles. The number of halogens is 1. The van der Waals surface area contributed by atoms with Crippen LogP contribution in [0.15, 0.2) is 48.5 Å². The fourth-order valence-electron chi connectivity index (χ4n) is 6.11. The molecule has 0 radical (unpaired) electrons. The van der Waals surface area contributed by atoms with Gasteiger partial charge >= 0.3 is 5.97 Å². The van der Waals surface area contributed by atoms with Gasteiger partial charge in [0.25, 0.3) is 0 Å². The van der Waals surface area contributed by atoms with E-state index < -0.39 is 17.7 Å². The Labute approximate surface area is 277 Å². The summed E-state index contributed by atoms with van der Waals surface area (Å²) in [6, 6.07) is 14.4. The van der Waals surface area contributed by atoms with Gasteiger partial charge < -0.3 is 14.4 Å². The van der Waals surface area contributed by atoms with Crippen LogP contribution in [-0.4, -0.2) is 56.0 Å². The normalized spacial score (nSPS) is 15.6. The standard InChI is InChI=1S/C37H47FN6O3/c1-23(2)46-35(45)33(47-36(5,6)7)31-25(4)39-24(3)30(32(31)43-20-18-37(8,9)19-21-43)27-12-14-28(15-13-27)34-40-41-42-44(34)22-26-10-16-29(38)17-11-26/h10-17,23,33H,18-22H2,1-9H3. The van der Waals surface area contributed by atoms with E-state index in [2.05, 4.69) is 46.4 Å². The van der Waals surface area contributed by atoms with Gasteiger partial charge in [-0.05, 0) is 100 Å². The van der Waals surface area contributed by atoms with Gasteiger partial charge in [-0.25, -0.2) is 13.9 Å². The van der Waals surface area contributed by atoms with Crippen molar-refractivity contribution in [2.45, 2.75) is 99.5 Å². The third-order valence-corrected chi connectivity index (χ3v) is 8.52. The number of carbonyl (C=O) groups is 1. The molecular formula is C37H47FN6O3. The molecule has 1 aliphatic heterocycles. The Bertz CT molecular complexity index is 1700. The zero-order valence-electron chi connectivity index (χ0n) is 29.1. The molecule has 1 atom stereocenters. The minimum absolute atomic E-state index is 0.228. The number of anilines is 1. The molecule has 2 aromatic carbocycles. The molecule has 0 spiro atoms. The van der Waals surface area contributed by atoms with Gasteiger partial charge in [-0.2, -0.15) is 0 Å². The Morgan fingerprint density at radius 3 is 2.17 bits per heavy atom. The Kier molecular flexibility index (Phi) is 9.82. The highest BCUT2D eigenvalue weighted by Crippen LogP contribution is 2.45. The van der Waals surface area contributed by atoms with Gasteiger partial charge in [-0.15, -0.1) is 5.10 Å². The summed E-state index contributed by atoms with van der Waals surface area (Å²) in [5.74, 6) is -0.100. The maximum atomic E-state index is 13.8. The second-order valence-corrected chi connectivity index (χ2v) is 14.5. The number of ether oxygens (including phenoxy) is 2. The fourth-order valence-corrected chi connectivity index (χ4v) is 6.11. The van der Waals surface area contributed by atoms with Crippen molar-refractivity contribution in [1.82, 2.24) is 25.2 Å². The quantitative estimate of drug-likeness (QED) is 0.172. The van der Waals surface area contributed by atoms with Crippen LogP contribution in [0.25, 0.3) is 22.5 Å². The largest absolute Gasteiger partial charge is 0.461 e. The molecule has 1 aliphatic rings. The van der Waals surface area contributed by atoms with Gasteiger partial charge in [0.15, 0.2) is 11.9 Å². The highest BCUT2D eigenvalue weighted by atomic mass is 19.1. The molecule has 5 rings (SSSR count). The van der Waals surface area contributed by atoms with E-state index in [1.54, 1.807) is 16.8 Å². The molecule has 1 unspecified atom stereocenters. The number of hydrogen-bond acceptors (Lipinski definition) is 8. The molecule has 1 fully saturated rings. The smallest absolute Gasteiger partial charge is 0.340 e. The zero-order chi connectivity index (χ0) is 34.1. The summed E-state index contributed by atoms with van der Waals surface area (Å²) in [5.41, 5.74) is 6.60. The molecule has 0 amide bonds. The molecule has 0 aliphatic carbocycles. The summed E-state index contributed by atoms with van der Waals surface area (Å²) in [7, 11) is 0. The van der Waals surface area contributed by atoms with Crippen molar-refractivity contribution in [3.63, 3.8) is 0 Å².